The number of ether oxygens (including phenoxy) is 1. The Morgan fingerprint density at radius 2 is 1.40 bits per heavy atom. The van der Waals surface area contributed by atoms with E-state index in [-0.39, 0.29) is 47.0 Å². The first kappa shape index (κ1) is 25.5. The van der Waals surface area contributed by atoms with E-state index in [4.69, 9.17) is 4.74 Å². The molecule has 3 aromatic carbocycles. The molecule has 1 heterocycles. The van der Waals surface area contributed by atoms with Crippen molar-refractivity contribution in [2.24, 2.45) is 23.7 Å². The standard InChI is InChI=1S/C31H27N3O6/c35-25(32-33-28(36)19-9-5-2-6-10-19)17-40-31(39)20-11-13-22(14-12-20)34-29(37)26-21-15-23(18-7-3-1-4-8-18)24(16-21)27(26)30(34)38/h1-14,21,23-24,26-27H,15-17H2,(H,32,35)(H,33,36)/t21-,23-,24+,26+,27-/m0/s1. The molecule has 0 aromatic heterocycles. The number of benzene rings is 3. The van der Waals surface area contributed by atoms with E-state index in [1.807, 2.05) is 18.2 Å². The van der Waals surface area contributed by atoms with E-state index in [0.29, 0.717) is 11.3 Å². The maximum Gasteiger partial charge on any atom is 0.338 e. The van der Waals surface area contributed by atoms with E-state index < -0.39 is 24.4 Å². The van der Waals surface area contributed by atoms with Crippen molar-refractivity contribution in [1.82, 2.24) is 10.9 Å². The fraction of sp³-hybridized carbons (Fsp3) is 0.258. The molecule has 0 unspecified atom stereocenters. The Kier molecular flexibility index (Phi) is 6.63. The van der Waals surface area contributed by atoms with E-state index in [1.54, 1.807) is 42.5 Å². The number of nitrogens with one attached hydrogen (secondary N) is 2. The van der Waals surface area contributed by atoms with Crippen LogP contribution in [0.1, 0.15) is 45.0 Å². The molecular weight excluding hydrogens is 510 g/mol. The number of hydrogen-bond donors (Lipinski definition) is 2. The van der Waals surface area contributed by atoms with Gasteiger partial charge in [-0.05, 0) is 72.6 Å². The van der Waals surface area contributed by atoms with Crippen LogP contribution in [0.25, 0.3) is 0 Å². The molecule has 1 aliphatic heterocycles. The summed E-state index contributed by atoms with van der Waals surface area (Å²) in [6.45, 7) is -0.604. The minimum atomic E-state index is -0.754. The van der Waals surface area contributed by atoms with Gasteiger partial charge in [-0.1, -0.05) is 48.5 Å². The summed E-state index contributed by atoms with van der Waals surface area (Å²) in [6, 6.07) is 24.5. The van der Waals surface area contributed by atoms with Crippen LogP contribution in [0.5, 0.6) is 0 Å². The number of nitrogens with zero attached hydrogens (tertiary/aromatic N) is 1. The average molecular weight is 538 g/mol. The quantitative estimate of drug-likeness (QED) is 0.283. The first-order chi connectivity index (χ1) is 19.4. The highest BCUT2D eigenvalue weighted by Crippen LogP contribution is 2.61. The molecule has 6 rings (SSSR count). The molecule has 2 bridgehead atoms. The van der Waals surface area contributed by atoms with Gasteiger partial charge in [0.15, 0.2) is 6.61 Å². The molecule has 9 nitrogen and oxygen atoms in total. The number of carbonyl (C=O) groups excluding carboxylic acids is 5. The first-order valence-corrected chi connectivity index (χ1v) is 13.3. The zero-order valence-electron chi connectivity index (χ0n) is 21.5. The molecule has 0 radical (unpaired) electrons. The van der Waals surface area contributed by atoms with Crippen LogP contribution in [0.2, 0.25) is 0 Å². The van der Waals surface area contributed by atoms with Gasteiger partial charge in [-0.2, -0.15) is 0 Å². The molecule has 40 heavy (non-hydrogen) atoms. The Morgan fingerprint density at radius 1 is 0.750 bits per heavy atom. The molecule has 1 saturated heterocycles. The van der Waals surface area contributed by atoms with Crippen LogP contribution in [0.3, 0.4) is 0 Å². The molecule has 202 valence electrons. The molecule has 2 N–H and O–H groups in total. The van der Waals surface area contributed by atoms with Crippen LogP contribution in [0.4, 0.5) is 5.69 Å². The number of fused-ring (bicyclic) bond motifs is 5. The molecular formula is C31H27N3O6. The van der Waals surface area contributed by atoms with Gasteiger partial charge >= 0.3 is 5.97 Å². The van der Waals surface area contributed by atoms with Crippen LogP contribution >= 0.6 is 0 Å². The summed E-state index contributed by atoms with van der Waals surface area (Å²) in [7, 11) is 0. The third-order valence-corrected chi connectivity index (χ3v) is 8.29. The molecule has 4 amide bonds. The van der Waals surface area contributed by atoms with Crippen LogP contribution in [0.15, 0.2) is 84.9 Å². The lowest BCUT2D eigenvalue weighted by Crippen LogP contribution is -2.43. The molecule has 3 aliphatic rings. The number of rotatable bonds is 6. The third-order valence-electron chi connectivity index (χ3n) is 8.29. The number of carbonyl (C=O) groups is 5. The third kappa shape index (κ3) is 4.53. The van der Waals surface area contributed by atoms with E-state index >= 15 is 0 Å². The Morgan fingerprint density at radius 3 is 2.10 bits per heavy atom. The van der Waals surface area contributed by atoms with Gasteiger partial charge in [-0.3, -0.25) is 34.9 Å². The highest BCUT2D eigenvalue weighted by Gasteiger charge is 2.64. The number of hydrazine groups is 1. The molecule has 3 fully saturated rings. The number of hydrogen-bond acceptors (Lipinski definition) is 6. The summed E-state index contributed by atoms with van der Waals surface area (Å²) in [5.41, 5.74) is 6.60. The van der Waals surface area contributed by atoms with Gasteiger partial charge in [0.2, 0.25) is 11.8 Å². The number of esters is 1. The smallest absolute Gasteiger partial charge is 0.338 e. The van der Waals surface area contributed by atoms with E-state index in [1.165, 1.54) is 22.6 Å². The Hall–Kier alpha value is -4.79. The van der Waals surface area contributed by atoms with Crippen LogP contribution in [0, 0.1) is 23.7 Å². The zero-order valence-corrected chi connectivity index (χ0v) is 21.5. The predicted molar refractivity (Wildman–Crippen MR) is 144 cm³/mol. The second-order valence-electron chi connectivity index (χ2n) is 10.5. The maximum atomic E-state index is 13.5. The van der Waals surface area contributed by atoms with Crippen molar-refractivity contribution >= 4 is 35.3 Å². The van der Waals surface area contributed by atoms with Gasteiger partial charge in [0.25, 0.3) is 11.8 Å². The van der Waals surface area contributed by atoms with E-state index in [2.05, 4.69) is 23.0 Å². The Bertz CT molecular complexity index is 1470. The first-order valence-electron chi connectivity index (χ1n) is 13.3. The largest absolute Gasteiger partial charge is 0.452 e. The summed E-state index contributed by atoms with van der Waals surface area (Å²) in [5, 5.41) is 0. The summed E-state index contributed by atoms with van der Waals surface area (Å²) < 4.78 is 5.04. The molecule has 2 saturated carbocycles. The van der Waals surface area contributed by atoms with Gasteiger partial charge in [-0.15, -0.1) is 0 Å². The monoisotopic (exact) mass is 537 g/mol. The van der Waals surface area contributed by atoms with Crippen molar-refractivity contribution in [3.63, 3.8) is 0 Å². The van der Waals surface area contributed by atoms with Crippen LogP contribution in [-0.4, -0.2) is 36.2 Å². The van der Waals surface area contributed by atoms with E-state index in [0.717, 1.165) is 12.8 Å². The fourth-order valence-corrected chi connectivity index (χ4v) is 6.58. The summed E-state index contributed by atoms with van der Waals surface area (Å²) in [6.07, 6.45) is 1.81. The van der Waals surface area contributed by atoms with Gasteiger partial charge in [-0.25, -0.2) is 4.79 Å². The topological polar surface area (TPSA) is 122 Å². The second kappa shape index (κ2) is 10.4. The van der Waals surface area contributed by atoms with Crippen LogP contribution in [-0.2, 0) is 19.1 Å². The normalized spacial score (nSPS) is 24.5. The molecule has 2 aliphatic carbocycles. The lowest BCUT2D eigenvalue weighted by molar-refractivity contribution is -0.125. The van der Waals surface area contributed by atoms with Crippen molar-refractivity contribution in [2.45, 2.75) is 18.8 Å². The van der Waals surface area contributed by atoms with E-state index in [9.17, 15) is 24.0 Å². The second-order valence-corrected chi connectivity index (χ2v) is 10.5. The maximum absolute atomic E-state index is 13.5. The van der Waals surface area contributed by atoms with Crippen molar-refractivity contribution in [3.05, 3.63) is 102 Å². The number of imide groups is 1. The molecule has 5 atom stereocenters. The lowest BCUT2D eigenvalue weighted by Gasteiger charge is -2.28. The van der Waals surface area contributed by atoms with Crippen molar-refractivity contribution in [1.29, 1.82) is 0 Å². The number of amides is 4. The summed E-state index contributed by atoms with van der Waals surface area (Å²) >= 11 is 0. The lowest BCUT2D eigenvalue weighted by atomic mass is 9.73. The van der Waals surface area contributed by atoms with Crippen molar-refractivity contribution in [2.75, 3.05) is 11.5 Å². The van der Waals surface area contributed by atoms with Crippen molar-refractivity contribution < 1.29 is 28.7 Å². The highest BCUT2D eigenvalue weighted by atomic mass is 16.5. The van der Waals surface area contributed by atoms with Gasteiger partial charge < -0.3 is 4.74 Å². The zero-order chi connectivity index (χ0) is 27.8. The van der Waals surface area contributed by atoms with Crippen LogP contribution < -0.4 is 15.8 Å². The molecule has 0 spiro atoms. The highest BCUT2D eigenvalue weighted by molar-refractivity contribution is 6.22. The van der Waals surface area contributed by atoms with Crippen molar-refractivity contribution in [3.8, 4) is 0 Å². The molecule has 9 heteroatoms. The predicted octanol–water partition coefficient (Wildman–Crippen LogP) is 3.23. The minimum absolute atomic E-state index is 0.150. The Labute approximate surface area is 230 Å². The van der Waals surface area contributed by atoms with Gasteiger partial charge in [0.1, 0.15) is 0 Å². The van der Waals surface area contributed by atoms with Gasteiger partial charge in [0.05, 0.1) is 23.1 Å². The minimum Gasteiger partial charge on any atom is -0.452 e. The van der Waals surface area contributed by atoms with Gasteiger partial charge in [0, 0.05) is 5.56 Å². The number of anilines is 1. The average Bonchev–Trinajstić information content (AvgIpc) is 3.66. The SMILES string of the molecule is O=C(COC(=O)c1ccc(N2C(=O)[C@@H]3[C@@H]4C[C@@H]([C@@H]3C2=O)[C@H](c2ccccc2)C4)cc1)NNC(=O)c1ccccc1. The summed E-state index contributed by atoms with van der Waals surface area (Å²) in [4.78, 5) is 64.6. The molecule has 3 aromatic rings. The summed E-state index contributed by atoms with van der Waals surface area (Å²) in [5.74, 6) is -2.29. The fourth-order valence-electron chi connectivity index (χ4n) is 6.58. The Balaban J connectivity index is 1.05.